The Kier molecular flexibility index (Phi) is 9.88. The summed E-state index contributed by atoms with van der Waals surface area (Å²) in [4.78, 5) is 56.2. The summed E-state index contributed by atoms with van der Waals surface area (Å²) in [7, 11) is 0. The molecule has 0 bridgehead atoms. The Morgan fingerprint density at radius 2 is 1.96 bits per heavy atom. The molecule has 0 unspecified atom stereocenters. The molecule has 0 radical (unpaired) electrons. The molecule has 49 heavy (non-hydrogen) atoms. The van der Waals surface area contributed by atoms with E-state index < -0.39 is 53.1 Å². The van der Waals surface area contributed by atoms with Crippen molar-refractivity contribution in [1.82, 2.24) is 35.7 Å². The zero-order chi connectivity index (χ0) is 34.9. The molecule has 4 aliphatic rings. The summed E-state index contributed by atoms with van der Waals surface area (Å²) in [5.41, 5.74) is -1.60. The second-order valence-electron chi connectivity index (χ2n) is 14.6. The maximum absolute atomic E-state index is 14.2. The number of nitrogens with one attached hydrogen (secondary N) is 2. The molecule has 1 saturated heterocycles. The fourth-order valence-electron chi connectivity index (χ4n) is 6.44. The molecule has 5 atom stereocenters. The summed E-state index contributed by atoms with van der Waals surface area (Å²) in [5.74, 6) is -1.07. The number of aromatic nitrogens is 4. The third-order valence-corrected chi connectivity index (χ3v) is 9.74. The van der Waals surface area contributed by atoms with Crippen molar-refractivity contribution in [3.05, 3.63) is 35.4 Å². The third kappa shape index (κ3) is 8.17. The second-order valence-corrected chi connectivity index (χ2v) is 15.0. The topological polar surface area (TPSA) is 178 Å². The summed E-state index contributed by atoms with van der Waals surface area (Å²) in [6.45, 7) is 5.86. The lowest BCUT2D eigenvalue weighted by atomic mass is 10.0. The van der Waals surface area contributed by atoms with Gasteiger partial charge < -0.3 is 30.1 Å². The van der Waals surface area contributed by atoms with Gasteiger partial charge in [-0.15, -0.1) is 10.2 Å². The van der Waals surface area contributed by atoms with Crippen molar-refractivity contribution in [2.45, 2.75) is 108 Å². The fourth-order valence-corrected chi connectivity index (χ4v) is 6.67. The second kappa shape index (κ2) is 14.0. The highest BCUT2D eigenvalue weighted by molar-refractivity contribution is 6.32. The molecule has 2 aliphatic carbocycles. The van der Waals surface area contributed by atoms with Gasteiger partial charge >= 0.3 is 12.1 Å². The molecule has 1 aromatic heterocycles. The van der Waals surface area contributed by atoms with Crippen molar-refractivity contribution in [3.8, 4) is 17.1 Å². The van der Waals surface area contributed by atoms with Crippen molar-refractivity contribution < 1.29 is 33.8 Å². The molecule has 6 rings (SSSR count). The maximum Gasteiger partial charge on any atom is 0.408 e. The first-order valence-electron chi connectivity index (χ1n) is 17.1. The maximum atomic E-state index is 14.2. The van der Waals surface area contributed by atoms with Crippen LogP contribution in [0.5, 0.6) is 5.75 Å². The standard InChI is InChI=1S/C34H44ClN7O7/c1-33(2,3)49-32(47)36-25-10-8-6-4-5-7-9-22-17-34(22,31(45)46)37-29(43)26-16-23(18-41(26)30(25)44)42-39-28(38-40-42)21-13-14-27(24(35)15-21)48-19-20-11-12-20/h7,9,13-15,20,22-23,25-26H,4-6,8,10-12,16-19H2,1-3H3,(H,36,47)(H,37,43)(H,45,46)/b9-7-/t22-,23+,25-,26-,34+/m0/s1. The minimum Gasteiger partial charge on any atom is -0.492 e. The molecule has 3 N–H and O–H groups in total. The number of hydrogen-bond donors (Lipinski definition) is 3. The molecule has 15 heteroatoms. The Bertz CT molecular complexity index is 1620. The molecule has 2 aliphatic heterocycles. The van der Waals surface area contributed by atoms with E-state index >= 15 is 0 Å². The first kappa shape index (κ1) is 34.7. The molecular formula is C34H44ClN7O7. The number of nitrogens with zero attached hydrogens (tertiary/aromatic N) is 5. The Morgan fingerprint density at radius 1 is 1.16 bits per heavy atom. The van der Waals surface area contributed by atoms with Crippen molar-refractivity contribution in [2.24, 2.45) is 11.8 Å². The lowest BCUT2D eigenvalue weighted by molar-refractivity contribution is -0.145. The largest absolute Gasteiger partial charge is 0.492 e. The van der Waals surface area contributed by atoms with E-state index in [4.69, 9.17) is 21.1 Å². The number of hydrogen-bond acceptors (Lipinski definition) is 9. The SMILES string of the molecule is CC(C)(C)OC(=O)N[C@H]1CCCCC/C=C\[C@H]2C[C@@]2(C(=O)O)NC(=O)[C@@H]2C[C@@H](n3nnc(-c4ccc(OCC5CC5)c(Cl)c4)n3)CN2C1=O. The molecule has 3 amide bonds. The number of ether oxygens (including phenoxy) is 2. The predicted octanol–water partition coefficient (Wildman–Crippen LogP) is 4.30. The highest BCUT2D eigenvalue weighted by atomic mass is 35.5. The van der Waals surface area contributed by atoms with Crippen molar-refractivity contribution >= 4 is 35.5 Å². The van der Waals surface area contributed by atoms with Gasteiger partial charge in [-0.2, -0.15) is 4.80 Å². The Hall–Kier alpha value is -4.20. The quantitative estimate of drug-likeness (QED) is 0.354. The minimum atomic E-state index is -1.44. The molecule has 1 aromatic carbocycles. The lowest BCUT2D eigenvalue weighted by Gasteiger charge is -2.30. The zero-order valence-electron chi connectivity index (χ0n) is 28.1. The first-order valence-corrected chi connectivity index (χ1v) is 17.4. The van der Waals surface area contributed by atoms with Crippen LogP contribution in [0.1, 0.15) is 84.6 Å². The number of carboxylic acid groups (broad SMARTS) is 1. The molecule has 264 valence electrons. The molecule has 14 nitrogen and oxygen atoms in total. The third-order valence-electron chi connectivity index (χ3n) is 9.44. The number of carbonyl (C=O) groups excluding carboxylic acids is 3. The number of allylic oxidation sites excluding steroid dienone is 1. The van der Waals surface area contributed by atoms with Crippen LogP contribution in [0, 0.1) is 11.8 Å². The predicted molar refractivity (Wildman–Crippen MR) is 178 cm³/mol. The molecular weight excluding hydrogens is 654 g/mol. The van der Waals surface area contributed by atoms with Crippen molar-refractivity contribution in [3.63, 3.8) is 0 Å². The van der Waals surface area contributed by atoms with Crippen LogP contribution in [0.3, 0.4) is 0 Å². The highest BCUT2D eigenvalue weighted by Crippen LogP contribution is 2.45. The normalized spacial score (nSPS) is 28.3. The number of benzene rings is 1. The van der Waals surface area contributed by atoms with Crippen LogP contribution in [0.4, 0.5) is 4.79 Å². The van der Waals surface area contributed by atoms with Crippen LogP contribution in [-0.2, 0) is 19.1 Å². The molecule has 0 spiro atoms. The van der Waals surface area contributed by atoms with Crippen LogP contribution < -0.4 is 15.4 Å². The minimum absolute atomic E-state index is 0.0390. The van der Waals surface area contributed by atoms with Crippen molar-refractivity contribution in [1.29, 1.82) is 0 Å². The van der Waals surface area contributed by atoms with E-state index in [0.29, 0.717) is 47.5 Å². The van der Waals surface area contributed by atoms with Crippen LogP contribution in [0.2, 0.25) is 5.02 Å². The van der Waals surface area contributed by atoms with Crippen LogP contribution in [0.15, 0.2) is 30.4 Å². The molecule has 3 heterocycles. The number of aliphatic carboxylic acids is 1. The van der Waals surface area contributed by atoms with E-state index in [2.05, 4.69) is 26.0 Å². The van der Waals surface area contributed by atoms with Gasteiger partial charge in [-0.1, -0.05) is 36.6 Å². The first-order chi connectivity index (χ1) is 23.3. The highest BCUT2D eigenvalue weighted by Gasteiger charge is 2.61. The summed E-state index contributed by atoms with van der Waals surface area (Å²) >= 11 is 6.49. The number of tetrazole rings is 1. The number of alkyl carbamates (subject to hydrolysis) is 1. The van der Waals surface area contributed by atoms with Gasteiger partial charge in [-0.05, 0) is 88.6 Å². The number of halogens is 1. The monoisotopic (exact) mass is 697 g/mol. The van der Waals surface area contributed by atoms with E-state index in [0.717, 1.165) is 32.1 Å². The summed E-state index contributed by atoms with van der Waals surface area (Å²) in [6.07, 6.45) is 9.13. The van der Waals surface area contributed by atoms with Gasteiger partial charge in [0.25, 0.3) is 0 Å². The molecule has 2 saturated carbocycles. The summed E-state index contributed by atoms with van der Waals surface area (Å²) in [5, 5.41) is 29.1. The molecule has 2 aromatic rings. The number of rotatable bonds is 7. The smallest absolute Gasteiger partial charge is 0.408 e. The summed E-state index contributed by atoms with van der Waals surface area (Å²) in [6, 6.07) is 2.71. The van der Waals surface area contributed by atoms with Gasteiger partial charge in [-0.25, -0.2) is 9.59 Å². The Labute approximate surface area is 289 Å². The summed E-state index contributed by atoms with van der Waals surface area (Å²) < 4.78 is 11.3. The molecule has 3 fully saturated rings. The van der Waals surface area contributed by atoms with Gasteiger partial charge in [0, 0.05) is 24.4 Å². The van der Waals surface area contributed by atoms with Gasteiger partial charge in [0.1, 0.15) is 29.0 Å². The lowest BCUT2D eigenvalue weighted by Crippen LogP contribution is -2.56. The van der Waals surface area contributed by atoms with E-state index in [1.807, 2.05) is 12.2 Å². The van der Waals surface area contributed by atoms with E-state index in [1.54, 1.807) is 39.0 Å². The zero-order valence-corrected chi connectivity index (χ0v) is 28.8. The Morgan fingerprint density at radius 3 is 2.67 bits per heavy atom. The fraction of sp³-hybridized carbons (Fsp3) is 0.618. The number of carboxylic acids is 1. The van der Waals surface area contributed by atoms with E-state index in [9.17, 15) is 24.3 Å². The van der Waals surface area contributed by atoms with Gasteiger partial charge in [0.2, 0.25) is 17.6 Å². The average molecular weight is 698 g/mol. The van der Waals surface area contributed by atoms with Gasteiger partial charge in [-0.3, -0.25) is 9.59 Å². The van der Waals surface area contributed by atoms with E-state index in [-0.39, 0.29) is 25.3 Å². The van der Waals surface area contributed by atoms with Crippen LogP contribution in [-0.4, -0.2) is 90.5 Å². The van der Waals surface area contributed by atoms with Crippen LogP contribution in [0.25, 0.3) is 11.4 Å². The number of amides is 3. The number of fused-ring (bicyclic) bond motifs is 2. The van der Waals surface area contributed by atoms with Crippen LogP contribution >= 0.6 is 11.6 Å². The van der Waals surface area contributed by atoms with Gasteiger partial charge in [0.05, 0.1) is 17.7 Å². The van der Waals surface area contributed by atoms with Crippen molar-refractivity contribution in [2.75, 3.05) is 13.2 Å². The van der Waals surface area contributed by atoms with Gasteiger partial charge in [0.15, 0.2) is 0 Å². The van der Waals surface area contributed by atoms with E-state index in [1.165, 1.54) is 9.70 Å². The number of carbonyl (C=O) groups is 4. The average Bonchev–Trinajstić information content (AvgIpc) is 3.87. The Balaban J connectivity index is 1.25.